The van der Waals surface area contributed by atoms with Crippen molar-refractivity contribution >= 4 is 22.9 Å². The Labute approximate surface area is 126 Å². The molecule has 21 heavy (non-hydrogen) atoms. The van der Waals surface area contributed by atoms with Gasteiger partial charge in [-0.2, -0.15) is 0 Å². The highest BCUT2D eigenvalue weighted by Crippen LogP contribution is 2.21. The highest BCUT2D eigenvalue weighted by Gasteiger charge is 1.97. The fourth-order valence-corrected chi connectivity index (χ4v) is 2.72. The van der Waals surface area contributed by atoms with Crippen LogP contribution in [-0.2, 0) is 6.42 Å². The van der Waals surface area contributed by atoms with Crippen molar-refractivity contribution in [3.05, 3.63) is 83.4 Å². The fourth-order valence-electron chi connectivity index (χ4n) is 2.72. The molecule has 0 radical (unpaired) electrons. The number of hydrogen-bond donors (Lipinski definition) is 0. The lowest BCUT2D eigenvalue weighted by atomic mass is 10.0. The minimum Gasteiger partial charge on any atom is -0.0651 e. The van der Waals surface area contributed by atoms with Crippen molar-refractivity contribution in [2.75, 3.05) is 0 Å². The molecule has 0 nitrogen and oxygen atoms in total. The summed E-state index contributed by atoms with van der Waals surface area (Å²) in [7, 11) is 0. The molecule has 0 unspecified atom stereocenters. The summed E-state index contributed by atoms with van der Waals surface area (Å²) in [5, 5.41) is 2.60. The van der Waals surface area contributed by atoms with Gasteiger partial charge in [-0.15, -0.1) is 0 Å². The third-order valence-corrected chi connectivity index (χ3v) is 3.77. The second-order valence-electron chi connectivity index (χ2n) is 5.40. The first kappa shape index (κ1) is 13.6. The van der Waals surface area contributed by atoms with Crippen LogP contribution in [0.15, 0.2) is 66.7 Å². The quantitative estimate of drug-likeness (QED) is 0.514. The molecular weight excluding hydrogens is 252 g/mol. The van der Waals surface area contributed by atoms with Crippen LogP contribution in [-0.4, -0.2) is 0 Å². The zero-order chi connectivity index (χ0) is 14.5. The number of aryl methyl sites for hydroxylation is 1. The molecule has 0 fully saturated rings. The van der Waals surface area contributed by atoms with Crippen molar-refractivity contribution in [3.63, 3.8) is 0 Å². The highest BCUT2D eigenvalue weighted by atomic mass is 14.0. The summed E-state index contributed by atoms with van der Waals surface area (Å²) in [4.78, 5) is 0. The Morgan fingerprint density at radius 3 is 2.52 bits per heavy atom. The van der Waals surface area contributed by atoms with E-state index >= 15 is 0 Å². The van der Waals surface area contributed by atoms with Gasteiger partial charge in [-0.25, -0.2) is 0 Å². The monoisotopic (exact) mass is 272 g/mol. The van der Waals surface area contributed by atoms with Gasteiger partial charge in [0.05, 0.1) is 0 Å². The fraction of sp³-hybridized carbons (Fsp3) is 0.143. The average Bonchev–Trinajstić information content (AvgIpc) is 2.53. The summed E-state index contributed by atoms with van der Waals surface area (Å²) >= 11 is 0. The minimum absolute atomic E-state index is 1.15. The predicted molar refractivity (Wildman–Crippen MR) is 93.3 cm³/mol. The van der Waals surface area contributed by atoms with Crippen LogP contribution >= 0.6 is 0 Å². The van der Waals surface area contributed by atoms with Gasteiger partial charge in [0, 0.05) is 0 Å². The van der Waals surface area contributed by atoms with Gasteiger partial charge in [-0.1, -0.05) is 92.2 Å². The highest BCUT2D eigenvalue weighted by molar-refractivity contribution is 5.92. The maximum absolute atomic E-state index is 2.28. The number of benzene rings is 3. The topological polar surface area (TPSA) is 0 Å². The molecule has 0 N–H and O–H groups in total. The largest absolute Gasteiger partial charge is 0.0651 e. The Bertz CT molecular complexity index is 760. The molecule has 3 rings (SSSR count). The van der Waals surface area contributed by atoms with Crippen molar-refractivity contribution < 1.29 is 0 Å². The number of rotatable bonds is 4. The van der Waals surface area contributed by atoms with E-state index in [1.54, 1.807) is 0 Å². The molecule has 0 heterocycles. The molecule has 0 saturated carbocycles. The molecule has 104 valence electrons. The first-order valence-corrected chi connectivity index (χ1v) is 7.61. The maximum atomic E-state index is 2.28. The van der Waals surface area contributed by atoms with Crippen molar-refractivity contribution in [2.24, 2.45) is 0 Å². The van der Waals surface area contributed by atoms with Crippen LogP contribution in [0.4, 0.5) is 0 Å². The van der Waals surface area contributed by atoms with E-state index in [1.165, 1.54) is 33.9 Å². The first-order valence-electron chi connectivity index (χ1n) is 7.61. The standard InChI is InChI=1S/C21H20/c1-2-7-17-8-5-9-18(16-17)14-15-20-12-6-11-19-10-3-4-13-21(19)20/h3-6,8-16H,2,7H2,1H3. The van der Waals surface area contributed by atoms with Gasteiger partial charge in [-0.05, 0) is 33.9 Å². The Balaban J connectivity index is 1.93. The lowest BCUT2D eigenvalue weighted by molar-refractivity contribution is 0.921. The summed E-state index contributed by atoms with van der Waals surface area (Å²) < 4.78 is 0. The Morgan fingerprint density at radius 2 is 1.62 bits per heavy atom. The second-order valence-corrected chi connectivity index (χ2v) is 5.40. The lowest BCUT2D eigenvalue weighted by Gasteiger charge is -2.03. The van der Waals surface area contributed by atoms with E-state index in [9.17, 15) is 0 Å². The summed E-state index contributed by atoms with van der Waals surface area (Å²) in [6.07, 6.45) is 6.76. The molecular formula is C21H20. The van der Waals surface area contributed by atoms with E-state index in [1.807, 2.05) is 0 Å². The molecule has 3 aromatic carbocycles. The van der Waals surface area contributed by atoms with E-state index in [0.717, 1.165) is 6.42 Å². The first-order chi connectivity index (χ1) is 10.4. The smallest absolute Gasteiger partial charge is 0.0111 e. The predicted octanol–water partition coefficient (Wildman–Crippen LogP) is 5.96. The molecule has 0 saturated heterocycles. The third-order valence-electron chi connectivity index (χ3n) is 3.77. The average molecular weight is 272 g/mol. The van der Waals surface area contributed by atoms with Gasteiger partial charge >= 0.3 is 0 Å². The van der Waals surface area contributed by atoms with Crippen LogP contribution in [0.3, 0.4) is 0 Å². The van der Waals surface area contributed by atoms with Crippen LogP contribution in [0.25, 0.3) is 22.9 Å². The van der Waals surface area contributed by atoms with Crippen LogP contribution in [0.2, 0.25) is 0 Å². The summed E-state index contributed by atoms with van der Waals surface area (Å²) in [6, 6.07) is 23.8. The molecule has 0 amide bonds. The lowest BCUT2D eigenvalue weighted by Crippen LogP contribution is -1.83. The number of fused-ring (bicyclic) bond motifs is 1. The Kier molecular flexibility index (Phi) is 4.16. The zero-order valence-electron chi connectivity index (χ0n) is 12.4. The molecule has 0 aliphatic carbocycles. The van der Waals surface area contributed by atoms with E-state index in [4.69, 9.17) is 0 Å². The third kappa shape index (κ3) is 3.22. The van der Waals surface area contributed by atoms with Crippen molar-refractivity contribution in [1.29, 1.82) is 0 Å². The molecule has 0 atom stereocenters. The summed E-state index contributed by atoms with van der Waals surface area (Å²) in [5.74, 6) is 0. The van der Waals surface area contributed by atoms with Gasteiger partial charge in [0.15, 0.2) is 0 Å². The normalized spacial score (nSPS) is 11.3. The zero-order valence-corrected chi connectivity index (χ0v) is 12.4. The molecule has 0 bridgehead atoms. The van der Waals surface area contributed by atoms with E-state index in [0.29, 0.717) is 0 Å². The van der Waals surface area contributed by atoms with Crippen LogP contribution in [0.5, 0.6) is 0 Å². The number of hydrogen-bond acceptors (Lipinski definition) is 0. The van der Waals surface area contributed by atoms with Crippen LogP contribution in [0.1, 0.15) is 30.0 Å². The Morgan fingerprint density at radius 1 is 0.810 bits per heavy atom. The molecule has 0 heteroatoms. The molecule has 0 spiro atoms. The summed E-state index contributed by atoms with van der Waals surface area (Å²) in [5.41, 5.74) is 3.96. The SMILES string of the molecule is CCCc1cccc(C=Cc2cccc3ccccc23)c1. The summed E-state index contributed by atoms with van der Waals surface area (Å²) in [6.45, 7) is 2.22. The molecule has 0 aromatic heterocycles. The molecule has 3 aromatic rings. The van der Waals surface area contributed by atoms with Gasteiger partial charge in [0.1, 0.15) is 0 Å². The minimum atomic E-state index is 1.15. The van der Waals surface area contributed by atoms with E-state index in [2.05, 4.69) is 85.8 Å². The van der Waals surface area contributed by atoms with Crippen molar-refractivity contribution in [3.8, 4) is 0 Å². The second kappa shape index (κ2) is 6.41. The van der Waals surface area contributed by atoms with Crippen LogP contribution in [0, 0.1) is 0 Å². The van der Waals surface area contributed by atoms with Crippen molar-refractivity contribution in [2.45, 2.75) is 19.8 Å². The van der Waals surface area contributed by atoms with Crippen LogP contribution < -0.4 is 0 Å². The van der Waals surface area contributed by atoms with E-state index in [-0.39, 0.29) is 0 Å². The van der Waals surface area contributed by atoms with Crippen molar-refractivity contribution in [1.82, 2.24) is 0 Å². The van der Waals surface area contributed by atoms with Gasteiger partial charge in [-0.3, -0.25) is 0 Å². The van der Waals surface area contributed by atoms with Gasteiger partial charge in [0.2, 0.25) is 0 Å². The van der Waals surface area contributed by atoms with E-state index < -0.39 is 0 Å². The molecule has 0 aliphatic heterocycles. The Hall–Kier alpha value is -2.34. The maximum Gasteiger partial charge on any atom is -0.0111 e. The molecule has 0 aliphatic rings. The van der Waals surface area contributed by atoms with Gasteiger partial charge < -0.3 is 0 Å². The van der Waals surface area contributed by atoms with Gasteiger partial charge in [0.25, 0.3) is 0 Å².